The van der Waals surface area contributed by atoms with Gasteiger partial charge >= 0.3 is 0 Å². The van der Waals surface area contributed by atoms with Gasteiger partial charge in [-0.15, -0.1) is 0 Å². The van der Waals surface area contributed by atoms with Crippen LogP contribution in [0.1, 0.15) is 50.7 Å². The first kappa shape index (κ1) is 17.9. The number of rotatable bonds is 5. The molecular weight excluding hydrogens is 319 g/mol. The van der Waals surface area contributed by atoms with Crippen LogP contribution in [0.15, 0.2) is 78.9 Å². The second-order valence-corrected chi connectivity index (χ2v) is 9.25. The van der Waals surface area contributed by atoms with Crippen molar-refractivity contribution in [3.63, 3.8) is 0 Å². The lowest BCUT2D eigenvalue weighted by molar-refractivity contribution is 0.872. The molecule has 25 heavy (non-hydrogen) atoms. The van der Waals surface area contributed by atoms with Crippen LogP contribution in [0.5, 0.6) is 0 Å². The first-order chi connectivity index (χ1) is 12.1. The Kier molecular flexibility index (Phi) is 5.71. The molecule has 0 aliphatic carbocycles. The fourth-order valence-corrected chi connectivity index (χ4v) is 6.28. The summed E-state index contributed by atoms with van der Waals surface area (Å²) in [6.07, 6.45) is 0. The van der Waals surface area contributed by atoms with Crippen LogP contribution < -0.4 is 15.9 Å². The molecule has 0 aliphatic rings. The van der Waals surface area contributed by atoms with Crippen molar-refractivity contribution < 1.29 is 0 Å². The standard InChI is InChI=1S/C24H27P/c1-18(2)21-14-8-10-16-23(21)25(20-12-6-5-7-13-20)24-17-11-9-15-22(24)19(3)4/h5-19H,1-4H3. The van der Waals surface area contributed by atoms with Gasteiger partial charge in [0.1, 0.15) is 0 Å². The van der Waals surface area contributed by atoms with E-state index in [1.807, 2.05) is 0 Å². The quantitative estimate of drug-likeness (QED) is 0.521. The topological polar surface area (TPSA) is 0 Å². The van der Waals surface area contributed by atoms with Crippen molar-refractivity contribution in [2.75, 3.05) is 0 Å². The average Bonchev–Trinajstić information content (AvgIpc) is 2.63. The summed E-state index contributed by atoms with van der Waals surface area (Å²) in [4.78, 5) is 0. The van der Waals surface area contributed by atoms with Crippen molar-refractivity contribution in [3.8, 4) is 0 Å². The second-order valence-electron chi connectivity index (χ2n) is 7.10. The van der Waals surface area contributed by atoms with E-state index in [1.165, 1.54) is 27.0 Å². The van der Waals surface area contributed by atoms with Gasteiger partial charge in [-0.3, -0.25) is 0 Å². The Labute approximate surface area is 153 Å². The van der Waals surface area contributed by atoms with Gasteiger partial charge in [-0.2, -0.15) is 0 Å². The monoisotopic (exact) mass is 346 g/mol. The van der Waals surface area contributed by atoms with E-state index in [0.717, 1.165) is 0 Å². The lowest BCUT2D eigenvalue weighted by Crippen LogP contribution is -2.26. The van der Waals surface area contributed by atoms with E-state index in [1.54, 1.807) is 0 Å². The highest BCUT2D eigenvalue weighted by Crippen LogP contribution is 2.38. The molecule has 0 spiro atoms. The summed E-state index contributed by atoms with van der Waals surface area (Å²) >= 11 is 0. The summed E-state index contributed by atoms with van der Waals surface area (Å²) in [5.74, 6) is 1.05. The summed E-state index contributed by atoms with van der Waals surface area (Å²) in [5, 5.41) is 4.41. The molecule has 0 heterocycles. The van der Waals surface area contributed by atoms with E-state index in [9.17, 15) is 0 Å². The zero-order chi connectivity index (χ0) is 17.8. The van der Waals surface area contributed by atoms with Crippen LogP contribution in [0, 0.1) is 0 Å². The van der Waals surface area contributed by atoms with Gasteiger partial charge in [0.25, 0.3) is 0 Å². The van der Waals surface area contributed by atoms with E-state index in [4.69, 9.17) is 0 Å². The maximum atomic E-state index is 2.34. The smallest absolute Gasteiger partial charge is 0.0116 e. The van der Waals surface area contributed by atoms with Gasteiger partial charge in [-0.1, -0.05) is 107 Å². The second kappa shape index (κ2) is 7.98. The molecule has 0 bridgehead atoms. The third-order valence-corrected chi connectivity index (χ3v) is 7.21. The third kappa shape index (κ3) is 3.86. The molecule has 0 atom stereocenters. The predicted molar refractivity (Wildman–Crippen MR) is 113 cm³/mol. The summed E-state index contributed by atoms with van der Waals surface area (Å²) < 4.78 is 0. The highest BCUT2D eigenvalue weighted by molar-refractivity contribution is 7.80. The van der Waals surface area contributed by atoms with Crippen LogP contribution in [-0.4, -0.2) is 0 Å². The van der Waals surface area contributed by atoms with Crippen molar-refractivity contribution in [1.29, 1.82) is 0 Å². The van der Waals surface area contributed by atoms with Gasteiger partial charge in [0, 0.05) is 0 Å². The van der Waals surface area contributed by atoms with Crippen LogP contribution in [0.25, 0.3) is 0 Å². The molecule has 128 valence electrons. The molecule has 0 aromatic heterocycles. The molecule has 0 saturated heterocycles. The average molecular weight is 346 g/mol. The molecule has 3 aromatic rings. The number of benzene rings is 3. The Balaban J connectivity index is 2.27. The zero-order valence-electron chi connectivity index (χ0n) is 15.6. The molecule has 0 N–H and O–H groups in total. The van der Waals surface area contributed by atoms with E-state index >= 15 is 0 Å². The van der Waals surface area contributed by atoms with Crippen molar-refractivity contribution in [1.82, 2.24) is 0 Å². The Morgan fingerprint density at radius 3 is 1.36 bits per heavy atom. The van der Waals surface area contributed by atoms with Gasteiger partial charge in [0.2, 0.25) is 0 Å². The van der Waals surface area contributed by atoms with Gasteiger partial charge < -0.3 is 0 Å². The molecule has 0 saturated carbocycles. The first-order valence-electron chi connectivity index (χ1n) is 9.12. The Hall–Kier alpha value is -1.91. The minimum absolute atomic E-state index is 0.524. The maximum Gasteiger partial charge on any atom is -0.0116 e. The van der Waals surface area contributed by atoms with Gasteiger partial charge in [-0.05, 0) is 46.8 Å². The molecule has 0 aliphatic heterocycles. The summed E-state index contributed by atoms with van der Waals surface area (Å²) in [7, 11) is -0.552. The zero-order valence-corrected chi connectivity index (χ0v) is 16.5. The van der Waals surface area contributed by atoms with Crippen LogP contribution in [0.2, 0.25) is 0 Å². The van der Waals surface area contributed by atoms with E-state index < -0.39 is 7.92 Å². The van der Waals surface area contributed by atoms with Crippen LogP contribution in [0.3, 0.4) is 0 Å². The SMILES string of the molecule is CC(C)c1ccccc1P(c1ccccc1)c1ccccc1C(C)C. The Morgan fingerprint density at radius 2 is 0.920 bits per heavy atom. The van der Waals surface area contributed by atoms with E-state index in [2.05, 4.69) is 107 Å². The number of hydrogen-bond acceptors (Lipinski definition) is 0. The summed E-state index contributed by atoms with van der Waals surface area (Å²) in [5.41, 5.74) is 2.94. The normalized spacial score (nSPS) is 11.5. The minimum atomic E-state index is -0.552. The fraction of sp³-hybridized carbons (Fsp3) is 0.250. The maximum absolute atomic E-state index is 2.34. The van der Waals surface area contributed by atoms with Gasteiger partial charge in [0.15, 0.2) is 0 Å². The molecule has 3 aromatic carbocycles. The van der Waals surface area contributed by atoms with Gasteiger partial charge in [0.05, 0.1) is 0 Å². The molecule has 0 radical (unpaired) electrons. The molecule has 0 fully saturated rings. The predicted octanol–water partition coefficient (Wildman–Crippen LogP) is 5.69. The molecular formula is C24H27P. The highest BCUT2D eigenvalue weighted by atomic mass is 31.1. The molecule has 0 unspecified atom stereocenters. The lowest BCUT2D eigenvalue weighted by atomic mass is 10.0. The van der Waals surface area contributed by atoms with Crippen molar-refractivity contribution >= 4 is 23.8 Å². The minimum Gasteiger partial charge on any atom is -0.0622 e. The Bertz CT molecular complexity index is 767. The van der Waals surface area contributed by atoms with Crippen LogP contribution >= 0.6 is 7.92 Å². The summed E-state index contributed by atoms with van der Waals surface area (Å²) in [6.45, 7) is 9.19. The van der Waals surface area contributed by atoms with Gasteiger partial charge in [-0.25, -0.2) is 0 Å². The lowest BCUT2D eigenvalue weighted by Gasteiger charge is -2.26. The summed E-state index contributed by atoms with van der Waals surface area (Å²) in [6, 6.07) is 29.0. The molecule has 3 rings (SSSR count). The van der Waals surface area contributed by atoms with E-state index in [0.29, 0.717) is 11.8 Å². The molecule has 0 amide bonds. The largest absolute Gasteiger partial charge is 0.0622 e. The number of hydrogen-bond donors (Lipinski definition) is 0. The third-order valence-electron chi connectivity index (χ3n) is 4.61. The molecule has 0 nitrogen and oxygen atoms in total. The Morgan fingerprint density at radius 1 is 0.520 bits per heavy atom. The molecule has 1 heteroatoms. The van der Waals surface area contributed by atoms with Crippen LogP contribution in [-0.2, 0) is 0 Å². The first-order valence-corrected chi connectivity index (χ1v) is 10.5. The van der Waals surface area contributed by atoms with Crippen molar-refractivity contribution in [2.45, 2.75) is 39.5 Å². The van der Waals surface area contributed by atoms with Crippen molar-refractivity contribution in [3.05, 3.63) is 90.0 Å². The van der Waals surface area contributed by atoms with E-state index in [-0.39, 0.29) is 0 Å². The van der Waals surface area contributed by atoms with Crippen molar-refractivity contribution in [2.24, 2.45) is 0 Å². The highest BCUT2D eigenvalue weighted by Gasteiger charge is 2.23. The fourth-order valence-electron chi connectivity index (χ4n) is 3.34. The van der Waals surface area contributed by atoms with Crippen LogP contribution in [0.4, 0.5) is 0 Å².